The summed E-state index contributed by atoms with van der Waals surface area (Å²) in [5, 5.41) is 12.2. The molecule has 29 heavy (non-hydrogen) atoms. The van der Waals surface area contributed by atoms with E-state index in [1.54, 1.807) is 0 Å². The van der Waals surface area contributed by atoms with Gasteiger partial charge in [0.2, 0.25) is 5.95 Å². The Balaban J connectivity index is 1.80. The summed E-state index contributed by atoms with van der Waals surface area (Å²) in [7, 11) is 0. The van der Waals surface area contributed by atoms with Crippen LogP contribution in [0.15, 0.2) is 48.5 Å². The van der Waals surface area contributed by atoms with Crippen molar-refractivity contribution in [3.63, 3.8) is 0 Å². The highest BCUT2D eigenvalue weighted by molar-refractivity contribution is 5.82. The third-order valence-corrected chi connectivity index (χ3v) is 4.93. The Hall–Kier alpha value is -3.02. The Morgan fingerprint density at radius 1 is 1.17 bits per heavy atom. The molecule has 154 valence electrons. The molecule has 1 atom stereocenters. The molecule has 2 N–H and O–H groups in total. The zero-order valence-electron chi connectivity index (χ0n) is 17.1. The second-order valence-electron chi connectivity index (χ2n) is 7.26. The number of benzene rings is 2. The minimum absolute atomic E-state index is 0.216. The number of nitrogens with one attached hydrogen (secondary N) is 1. The van der Waals surface area contributed by atoms with E-state index in [2.05, 4.69) is 35.9 Å². The molecule has 0 spiro atoms. The standard InChI is InChI=1S/C23H29N3O3/c1-3-17(2)24-23-25-20-14-13-19(29-15-9-5-8-12-22(27)28)16-21(20)26(23)18-10-6-4-7-11-18/h4,6-7,10-11,13-14,16-17H,3,5,8-9,12,15H2,1-2H3,(H,24,25)(H,27,28). The maximum absolute atomic E-state index is 10.6. The van der Waals surface area contributed by atoms with Gasteiger partial charge in [-0.05, 0) is 56.9 Å². The largest absolute Gasteiger partial charge is 0.494 e. The molecule has 3 rings (SSSR count). The first kappa shape index (κ1) is 20.7. The second kappa shape index (κ2) is 9.96. The smallest absolute Gasteiger partial charge is 0.303 e. The van der Waals surface area contributed by atoms with Gasteiger partial charge in [-0.3, -0.25) is 9.36 Å². The molecule has 0 saturated heterocycles. The Bertz CT molecular complexity index is 937. The summed E-state index contributed by atoms with van der Waals surface area (Å²) in [6.07, 6.45) is 3.59. The molecular weight excluding hydrogens is 366 g/mol. The number of unbranched alkanes of at least 4 members (excludes halogenated alkanes) is 2. The lowest BCUT2D eigenvalue weighted by molar-refractivity contribution is -0.137. The summed E-state index contributed by atoms with van der Waals surface area (Å²) in [4.78, 5) is 15.4. The number of fused-ring (bicyclic) bond motifs is 1. The monoisotopic (exact) mass is 395 g/mol. The number of hydrogen-bond acceptors (Lipinski definition) is 4. The van der Waals surface area contributed by atoms with Crippen LogP contribution < -0.4 is 10.1 Å². The van der Waals surface area contributed by atoms with Crippen LogP contribution in [0.3, 0.4) is 0 Å². The molecular formula is C23H29N3O3. The number of rotatable bonds is 11. The highest BCUT2D eigenvalue weighted by Gasteiger charge is 2.14. The molecule has 0 fully saturated rings. The minimum atomic E-state index is -0.743. The fraction of sp³-hybridized carbons (Fsp3) is 0.391. The summed E-state index contributed by atoms with van der Waals surface area (Å²) >= 11 is 0. The summed E-state index contributed by atoms with van der Waals surface area (Å²) in [6, 6.07) is 16.4. The number of hydrogen-bond donors (Lipinski definition) is 2. The van der Waals surface area contributed by atoms with E-state index in [0.717, 1.165) is 47.7 Å². The molecule has 1 aromatic heterocycles. The van der Waals surface area contributed by atoms with Crippen LogP contribution in [0.4, 0.5) is 5.95 Å². The van der Waals surface area contributed by atoms with Crippen molar-refractivity contribution in [3.05, 3.63) is 48.5 Å². The highest BCUT2D eigenvalue weighted by Crippen LogP contribution is 2.28. The summed E-state index contributed by atoms with van der Waals surface area (Å²) in [5.41, 5.74) is 2.95. The van der Waals surface area contributed by atoms with Crippen molar-refractivity contribution in [3.8, 4) is 11.4 Å². The number of aromatic nitrogens is 2. The number of imidazole rings is 1. The van der Waals surface area contributed by atoms with Crippen molar-refractivity contribution in [2.75, 3.05) is 11.9 Å². The molecule has 0 amide bonds. The molecule has 0 aliphatic carbocycles. The average molecular weight is 396 g/mol. The molecule has 0 aliphatic rings. The van der Waals surface area contributed by atoms with E-state index in [1.165, 1.54) is 0 Å². The van der Waals surface area contributed by atoms with E-state index < -0.39 is 5.97 Å². The van der Waals surface area contributed by atoms with Gasteiger partial charge in [-0.25, -0.2) is 4.98 Å². The van der Waals surface area contributed by atoms with Gasteiger partial charge < -0.3 is 15.2 Å². The van der Waals surface area contributed by atoms with E-state index in [0.29, 0.717) is 19.1 Å². The molecule has 1 unspecified atom stereocenters. The van der Waals surface area contributed by atoms with Crippen LogP contribution >= 0.6 is 0 Å². The topological polar surface area (TPSA) is 76.4 Å². The molecule has 6 heteroatoms. The SMILES string of the molecule is CCC(C)Nc1nc2ccc(OCCCCCC(=O)O)cc2n1-c1ccccc1. The maximum atomic E-state index is 10.6. The normalized spacial score (nSPS) is 12.1. The van der Waals surface area contributed by atoms with Gasteiger partial charge in [-0.1, -0.05) is 25.1 Å². The first-order valence-electron chi connectivity index (χ1n) is 10.3. The first-order chi connectivity index (χ1) is 14.1. The van der Waals surface area contributed by atoms with Gasteiger partial charge in [0.1, 0.15) is 5.75 Å². The van der Waals surface area contributed by atoms with E-state index in [-0.39, 0.29) is 6.42 Å². The van der Waals surface area contributed by atoms with Crippen LogP contribution in [0.5, 0.6) is 5.75 Å². The number of carboxylic acid groups (broad SMARTS) is 1. The average Bonchev–Trinajstić information content (AvgIpc) is 3.07. The van der Waals surface area contributed by atoms with Gasteiger partial charge in [0.05, 0.1) is 17.6 Å². The van der Waals surface area contributed by atoms with Crippen molar-refractivity contribution in [2.24, 2.45) is 0 Å². The molecule has 3 aromatic rings. The fourth-order valence-electron chi connectivity index (χ4n) is 3.15. The Morgan fingerprint density at radius 2 is 1.97 bits per heavy atom. The first-order valence-corrected chi connectivity index (χ1v) is 10.3. The zero-order valence-corrected chi connectivity index (χ0v) is 17.1. The Kier molecular flexibility index (Phi) is 7.11. The van der Waals surface area contributed by atoms with Crippen molar-refractivity contribution in [1.82, 2.24) is 9.55 Å². The molecule has 0 radical (unpaired) electrons. The molecule has 2 aromatic carbocycles. The number of ether oxygens (including phenoxy) is 1. The number of aliphatic carboxylic acids is 1. The molecule has 0 bridgehead atoms. The van der Waals surface area contributed by atoms with Crippen LogP contribution in [0.1, 0.15) is 46.0 Å². The Morgan fingerprint density at radius 3 is 2.69 bits per heavy atom. The van der Waals surface area contributed by atoms with Gasteiger partial charge >= 0.3 is 5.97 Å². The number of para-hydroxylation sites is 1. The maximum Gasteiger partial charge on any atom is 0.303 e. The zero-order chi connectivity index (χ0) is 20.6. The van der Waals surface area contributed by atoms with Crippen LogP contribution in [-0.4, -0.2) is 33.3 Å². The lowest BCUT2D eigenvalue weighted by atomic mass is 10.2. The summed E-state index contributed by atoms with van der Waals surface area (Å²) in [6.45, 7) is 4.87. The van der Waals surface area contributed by atoms with Crippen LogP contribution in [-0.2, 0) is 4.79 Å². The van der Waals surface area contributed by atoms with Gasteiger partial charge in [-0.15, -0.1) is 0 Å². The summed E-state index contributed by atoms with van der Waals surface area (Å²) < 4.78 is 8.04. The number of nitrogens with zero attached hydrogens (tertiary/aromatic N) is 2. The molecule has 1 heterocycles. The van der Waals surface area contributed by atoms with E-state index in [1.807, 2.05) is 36.4 Å². The lowest BCUT2D eigenvalue weighted by Gasteiger charge is -2.15. The van der Waals surface area contributed by atoms with Crippen molar-refractivity contribution in [2.45, 2.75) is 52.0 Å². The van der Waals surface area contributed by atoms with Gasteiger partial charge in [0, 0.05) is 24.2 Å². The quantitative estimate of drug-likeness (QED) is 0.433. The van der Waals surface area contributed by atoms with Gasteiger partial charge in [-0.2, -0.15) is 0 Å². The van der Waals surface area contributed by atoms with Crippen LogP contribution in [0.25, 0.3) is 16.7 Å². The van der Waals surface area contributed by atoms with Crippen molar-refractivity contribution >= 4 is 23.0 Å². The number of carboxylic acids is 1. The van der Waals surface area contributed by atoms with Gasteiger partial charge in [0.25, 0.3) is 0 Å². The Labute approximate surface area is 171 Å². The third-order valence-electron chi connectivity index (χ3n) is 4.93. The predicted molar refractivity (Wildman–Crippen MR) is 116 cm³/mol. The fourth-order valence-corrected chi connectivity index (χ4v) is 3.15. The number of carbonyl (C=O) groups is 1. The third kappa shape index (κ3) is 5.50. The van der Waals surface area contributed by atoms with E-state index >= 15 is 0 Å². The molecule has 0 aliphatic heterocycles. The van der Waals surface area contributed by atoms with Gasteiger partial charge in [0.15, 0.2) is 0 Å². The van der Waals surface area contributed by atoms with Crippen LogP contribution in [0.2, 0.25) is 0 Å². The highest BCUT2D eigenvalue weighted by atomic mass is 16.5. The second-order valence-corrected chi connectivity index (χ2v) is 7.26. The van der Waals surface area contributed by atoms with E-state index in [4.69, 9.17) is 14.8 Å². The van der Waals surface area contributed by atoms with Crippen molar-refractivity contribution < 1.29 is 14.6 Å². The minimum Gasteiger partial charge on any atom is -0.494 e. The van der Waals surface area contributed by atoms with Crippen molar-refractivity contribution in [1.29, 1.82) is 0 Å². The van der Waals surface area contributed by atoms with Crippen LogP contribution in [0, 0.1) is 0 Å². The summed E-state index contributed by atoms with van der Waals surface area (Å²) in [5.74, 6) is 0.877. The predicted octanol–water partition coefficient (Wildman–Crippen LogP) is 5.26. The lowest BCUT2D eigenvalue weighted by Crippen LogP contribution is -2.16. The molecule has 0 saturated carbocycles. The molecule has 6 nitrogen and oxygen atoms in total. The van der Waals surface area contributed by atoms with E-state index in [9.17, 15) is 4.79 Å². The number of anilines is 1.